The first-order valence-electron chi connectivity index (χ1n) is 7.17. The number of ether oxygens (including phenoxy) is 1. The average molecular weight is 347 g/mol. The third kappa shape index (κ3) is 7.21. The van der Waals surface area contributed by atoms with E-state index >= 15 is 0 Å². The van der Waals surface area contributed by atoms with Crippen LogP contribution in [0, 0.1) is 0 Å². The van der Waals surface area contributed by atoms with Crippen LogP contribution < -0.4 is 16.2 Å². The van der Waals surface area contributed by atoms with E-state index in [9.17, 15) is 22.8 Å². The van der Waals surface area contributed by atoms with Crippen molar-refractivity contribution in [3.63, 3.8) is 0 Å². The zero-order valence-electron chi connectivity index (χ0n) is 13.6. The van der Waals surface area contributed by atoms with Crippen molar-refractivity contribution in [3.05, 3.63) is 29.8 Å². The van der Waals surface area contributed by atoms with Crippen LogP contribution in [-0.2, 0) is 15.7 Å². The van der Waals surface area contributed by atoms with E-state index < -0.39 is 29.3 Å². The molecule has 3 N–H and O–H groups in total. The lowest BCUT2D eigenvalue weighted by molar-refractivity contribution is -0.137. The van der Waals surface area contributed by atoms with Crippen molar-refractivity contribution in [1.29, 1.82) is 0 Å². The van der Waals surface area contributed by atoms with Crippen molar-refractivity contribution in [2.24, 2.45) is 0 Å². The van der Waals surface area contributed by atoms with Crippen molar-refractivity contribution in [3.8, 4) is 0 Å². The molecule has 24 heavy (non-hydrogen) atoms. The molecule has 0 unspecified atom stereocenters. The van der Waals surface area contributed by atoms with Gasteiger partial charge in [0, 0.05) is 13.0 Å². The van der Waals surface area contributed by atoms with Gasteiger partial charge >= 0.3 is 12.3 Å². The molecule has 0 fully saturated rings. The summed E-state index contributed by atoms with van der Waals surface area (Å²) in [5.74, 6) is -0.581. The molecule has 0 radical (unpaired) electrons. The largest absolute Gasteiger partial charge is 0.444 e. The normalized spacial score (nSPS) is 11.6. The maximum absolute atomic E-state index is 12.8. The summed E-state index contributed by atoms with van der Waals surface area (Å²) in [5, 5.41) is 2.37. The van der Waals surface area contributed by atoms with E-state index in [0.717, 1.165) is 6.07 Å². The molecule has 6 nitrogen and oxygen atoms in total. The van der Waals surface area contributed by atoms with Gasteiger partial charge in [-0.3, -0.25) is 15.6 Å². The molecule has 0 saturated heterocycles. The molecule has 1 aromatic carbocycles. The van der Waals surface area contributed by atoms with E-state index in [0.29, 0.717) is 0 Å². The highest BCUT2D eigenvalue weighted by atomic mass is 19.4. The summed E-state index contributed by atoms with van der Waals surface area (Å²) < 4.78 is 43.3. The predicted molar refractivity (Wildman–Crippen MR) is 82.1 cm³/mol. The highest BCUT2D eigenvalue weighted by Gasteiger charge is 2.33. The van der Waals surface area contributed by atoms with Gasteiger partial charge in [0.1, 0.15) is 5.60 Å². The van der Waals surface area contributed by atoms with Crippen molar-refractivity contribution in [1.82, 2.24) is 10.7 Å². The second-order valence-electron chi connectivity index (χ2n) is 5.90. The minimum Gasteiger partial charge on any atom is -0.444 e. The molecule has 0 aliphatic heterocycles. The van der Waals surface area contributed by atoms with E-state index in [2.05, 4.69) is 16.2 Å². The highest BCUT2D eigenvalue weighted by molar-refractivity contribution is 5.78. The van der Waals surface area contributed by atoms with E-state index in [4.69, 9.17) is 4.74 Å². The summed E-state index contributed by atoms with van der Waals surface area (Å²) in [7, 11) is 0. The van der Waals surface area contributed by atoms with E-state index in [1.807, 2.05) is 0 Å². The van der Waals surface area contributed by atoms with Gasteiger partial charge < -0.3 is 10.1 Å². The van der Waals surface area contributed by atoms with Crippen molar-refractivity contribution in [2.75, 3.05) is 12.0 Å². The third-order valence-corrected chi connectivity index (χ3v) is 2.59. The zero-order valence-corrected chi connectivity index (χ0v) is 13.6. The lowest BCUT2D eigenvalue weighted by Gasteiger charge is -2.19. The minimum absolute atomic E-state index is 0.0106. The number of amides is 2. The van der Waals surface area contributed by atoms with Crippen LogP contribution in [0.1, 0.15) is 32.8 Å². The molecule has 1 rings (SSSR count). The van der Waals surface area contributed by atoms with Gasteiger partial charge in [0.05, 0.1) is 11.3 Å². The Bertz CT molecular complexity index is 583. The number of carbonyl (C=O) groups is 2. The molecule has 9 heteroatoms. The Kier molecular flexibility index (Phi) is 6.44. The number of hydrazine groups is 1. The Morgan fingerprint density at radius 2 is 1.75 bits per heavy atom. The molecule has 2 amide bonds. The van der Waals surface area contributed by atoms with Crippen LogP contribution in [-0.4, -0.2) is 24.1 Å². The molecule has 134 valence electrons. The molecule has 1 aromatic rings. The number of alkyl halides is 3. The first kappa shape index (κ1) is 19.6. The van der Waals surface area contributed by atoms with Gasteiger partial charge in [0.2, 0.25) is 5.91 Å². The second kappa shape index (κ2) is 7.89. The Hall–Kier alpha value is -2.45. The van der Waals surface area contributed by atoms with Crippen LogP contribution in [0.4, 0.5) is 23.7 Å². The SMILES string of the molecule is CC(C)(C)OC(=O)NCCC(=O)NNc1ccccc1C(F)(F)F. The molecule has 0 saturated carbocycles. The Morgan fingerprint density at radius 3 is 2.33 bits per heavy atom. The van der Waals surface area contributed by atoms with E-state index in [1.54, 1.807) is 20.8 Å². The molecular weight excluding hydrogens is 327 g/mol. The fourth-order valence-corrected chi connectivity index (χ4v) is 1.63. The number of alkyl carbamates (subject to hydrolysis) is 1. The fraction of sp³-hybridized carbons (Fsp3) is 0.467. The number of hydrogen-bond acceptors (Lipinski definition) is 4. The van der Waals surface area contributed by atoms with Crippen LogP contribution in [0.2, 0.25) is 0 Å². The third-order valence-electron chi connectivity index (χ3n) is 2.59. The Labute approximate surface area is 137 Å². The summed E-state index contributed by atoms with van der Waals surface area (Å²) in [5.41, 5.74) is 2.57. The number of nitrogens with one attached hydrogen (secondary N) is 3. The number of rotatable bonds is 5. The number of benzene rings is 1. The molecule has 0 heterocycles. The summed E-state index contributed by atoms with van der Waals surface area (Å²) in [6, 6.07) is 4.76. The smallest absolute Gasteiger partial charge is 0.418 e. The maximum atomic E-state index is 12.8. The number of carbonyl (C=O) groups excluding carboxylic acids is 2. The summed E-state index contributed by atoms with van der Waals surface area (Å²) in [4.78, 5) is 23.0. The first-order valence-corrected chi connectivity index (χ1v) is 7.17. The quantitative estimate of drug-likeness (QED) is 0.715. The topological polar surface area (TPSA) is 79.5 Å². The molecule has 0 bridgehead atoms. The van der Waals surface area contributed by atoms with Gasteiger partial charge in [-0.25, -0.2) is 4.79 Å². The van der Waals surface area contributed by atoms with Gasteiger partial charge in [0.15, 0.2) is 0 Å². The van der Waals surface area contributed by atoms with Crippen molar-refractivity contribution < 1.29 is 27.5 Å². The summed E-state index contributed by atoms with van der Waals surface area (Å²) in [6.45, 7) is 5.08. The van der Waals surface area contributed by atoms with E-state index in [1.165, 1.54) is 18.2 Å². The highest BCUT2D eigenvalue weighted by Crippen LogP contribution is 2.34. The van der Waals surface area contributed by atoms with Crippen LogP contribution in [0.3, 0.4) is 0 Å². The summed E-state index contributed by atoms with van der Waals surface area (Å²) >= 11 is 0. The lowest BCUT2D eigenvalue weighted by atomic mass is 10.2. The van der Waals surface area contributed by atoms with Crippen LogP contribution in [0.15, 0.2) is 24.3 Å². The molecule has 0 aromatic heterocycles. The van der Waals surface area contributed by atoms with Crippen molar-refractivity contribution in [2.45, 2.75) is 39.0 Å². The van der Waals surface area contributed by atoms with Gasteiger partial charge in [0.25, 0.3) is 0 Å². The lowest BCUT2D eigenvalue weighted by Crippen LogP contribution is -2.36. The van der Waals surface area contributed by atoms with Gasteiger partial charge in [-0.2, -0.15) is 13.2 Å². The van der Waals surface area contributed by atoms with Crippen LogP contribution >= 0.6 is 0 Å². The Morgan fingerprint density at radius 1 is 1.12 bits per heavy atom. The van der Waals surface area contributed by atoms with Gasteiger partial charge in [-0.1, -0.05) is 12.1 Å². The molecule has 0 aliphatic rings. The number of anilines is 1. The second-order valence-corrected chi connectivity index (χ2v) is 5.90. The first-order chi connectivity index (χ1) is 11.0. The van der Waals surface area contributed by atoms with Crippen molar-refractivity contribution >= 4 is 17.7 Å². The molecular formula is C15H20F3N3O3. The average Bonchev–Trinajstić information content (AvgIpc) is 2.42. The monoisotopic (exact) mass is 347 g/mol. The van der Waals surface area contributed by atoms with Gasteiger partial charge in [-0.15, -0.1) is 0 Å². The number of para-hydroxylation sites is 1. The molecule has 0 atom stereocenters. The van der Waals surface area contributed by atoms with Gasteiger partial charge in [-0.05, 0) is 32.9 Å². The van der Waals surface area contributed by atoms with Crippen LogP contribution in [0.5, 0.6) is 0 Å². The fourth-order valence-electron chi connectivity index (χ4n) is 1.63. The summed E-state index contributed by atoms with van der Waals surface area (Å²) in [6.07, 6.45) is -5.34. The number of halogens is 3. The molecule has 0 aliphatic carbocycles. The molecule has 0 spiro atoms. The van der Waals surface area contributed by atoms with Crippen LogP contribution in [0.25, 0.3) is 0 Å². The van der Waals surface area contributed by atoms with E-state index in [-0.39, 0.29) is 18.7 Å². The maximum Gasteiger partial charge on any atom is 0.418 e. The standard InChI is InChI=1S/C15H20F3N3O3/c1-14(2,3)24-13(23)19-9-8-12(22)21-20-11-7-5-4-6-10(11)15(16,17)18/h4-7,20H,8-9H2,1-3H3,(H,19,23)(H,21,22). The Balaban J connectivity index is 2.42. The number of hydrogen-bond donors (Lipinski definition) is 3. The minimum atomic E-state index is -4.54. The predicted octanol–water partition coefficient (Wildman–Crippen LogP) is 3.06. The zero-order chi connectivity index (χ0) is 18.4.